The summed E-state index contributed by atoms with van der Waals surface area (Å²) in [4.78, 5) is 14.6. The topological polar surface area (TPSA) is 41.1 Å². The Bertz CT molecular complexity index is 619. The Balaban J connectivity index is 1.97. The first-order valence-corrected chi connectivity index (χ1v) is 8.10. The number of rotatable bonds is 6. The molecule has 1 aromatic carbocycles. The van der Waals surface area contributed by atoms with Crippen molar-refractivity contribution >= 4 is 22.9 Å². The Morgan fingerprint density at radius 2 is 2.00 bits per heavy atom. The number of anilines is 1. The van der Waals surface area contributed by atoms with Gasteiger partial charge in [0.2, 0.25) is 0 Å². The highest BCUT2D eigenvalue weighted by Crippen LogP contribution is 2.17. The molecular formula is C17H22N2OS. The molecule has 0 atom stereocenters. The van der Waals surface area contributed by atoms with Crippen LogP contribution in [0.15, 0.2) is 30.3 Å². The normalized spacial score (nSPS) is 10.4. The lowest BCUT2D eigenvalue weighted by molar-refractivity contribution is 0.0951. The number of carbonyl (C=O) groups excluding carboxylic acids is 1. The monoisotopic (exact) mass is 302 g/mol. The number of hydrogen-bond donors (Lipinski definition) is 2. The zero-order valence-corrected chi connectivity index (χ0v) is 13.6. The number of carbonyl (C=O) groups is 1. The zero-order chi connectivity index (χ0) is 15.2. The van der Waals surface area contributed by atoms with Crippen LogP contribution < -0.4 is 10.6 Å². The number of hydrogen-bond acceptors (Lipinski definition) is 3. The maximum absolute atomic E-state index is 12.2. The molecule has 1 amide bonds. The molecule has 1 heterocycles. The van der Waals surface area contributed by atoms with Crippen molar-refractivity contribution in [1.29, 1.82) is 0 Å². The number of aryl methyl sites for hydroxylation is 2. The van der Waals surface area contributed by atoms with E-state index in [1.165, 1.54) is 9.75 Å². The minimum atomic E-state index is -0.0220. The van der Waals surface area contributed by atoms with E-state index in [-0.39, 0.29) is 5.91 Å². The van der Waals surface area contributed by atoms with Crippen LogP contribution in [0.1, 0.15) is 39.0 Å². The van der Waals surface area contributed by atoms with Gasteiger partial charge in [0.05, 0.1) is 6.54 Å². The van der Waals surface area contributed by atoms with E-state index in [1.807, 2.05) is 25.1 Å². The van der Waals surface area contributed by atoms with Crippen LogP contribution in [0.2, 0.25) is 0 Å². The summed E-state index contributed by atoms with van der Waals surface area (Å²) >= 11 is 1.71. The van der Waals surface area contributed by atoms with Gasteiger partial charge in [0.25, 0.3) is 5.91 Å². The third-order valence-electron chi connectivity index (χ3n) is 3.27. The third kappa shape index (κ3) is 4.33. The number of benzene rings is 1. The standard InChI is InChI=1S/C17H22N2OS/c1-4-9-18-16-8-6-14(10-12(16)2)17(20)19-11-15-7-5-13(3)21-15/h5-8,10,18H,4,9,11H2,1-3H3,(H,19,20). The van der Waals surface area contributed by atoms with E-state index in [2.05, 4.69) is 36.6 Å². The molecule has 0 aliphatic carbocycles. The van der Waals surface area contributed by atoms with Gasteiger partial charge in [-0.3, -0.25) is 4.79 Å². The van der Waals surface area contributed by atoms with E-state index in [0.717, 1.165) is 24.2 Å². The van der Waals surface area contributed by atoms with Crippen LogP contribution in [-0.4, -0.2) is 12.5 Å². The second kappa shape index (κ2) is 7.27. The highest BCUT2D eigenvalue weighted by Gasteiger charge is 2.08. The second-order valence-corrected chi connectivity index (χ2v) is 6.52. The summed E-state index contributed by atoms with van der Waals surface area (Å²) in [5.74, 6) is -0.0220. The van der Waals surface area contributed by atoms with Gasteiger partial charge in [-0.2, -0.15) is 0 Å². The van der Waals surface area contributed by atoms with E-state index >= 15 is 0 Å². The summed E-state index contributed by atoms with van der Waals surface area (Å²) in [7, 11) is 0. The summed E-state index contributed by atoms with van der Waals surface area (Å²) in [6.07, 6.45) is 1.09. The van der Waals surface area contributed by atoms with Crippen molar-refractivity contribution in [2.24, 2.45) is 0 Å². The summed E-state index contributed by atoms with van der Waals surface area (Å²) in [6.45, 7) is 7.77. The first-order valence-electron chi connectivity index (χ1n) is 7.28. The fraction of sp³-hybridized carbons (Fsp3) is 0.353. The number of nitrogens with one attached hydrogen (secondary N) is 2. The molecule has 1 aromatic heterocycles. The van der Waals surface area contributed by atoms with Crippen molar-refractivity contribution in [2.45, 2.75) is 33.7 Å². The smallest absolute Gasteiger partial charge is 0.251 e. The van der Waals surface area contributed by atoms with Gasteiger partial charge in [-0.1, -0.05) is 6.92 Å². The van der Waals surface area contributed by atoms with Gasteiger partial charge in [0.1, 0.15) is 0 Å². The maximum atomic E-state index is 12.2. The van der Waals surface area contributed by atoms with Crippen LogP contribution in [0, 0.1) is 13.8 Å². The van der Waals surface area contributed by atoms with Crippen LogP contribution in [0.3, 0.4) is 0 Å². The van der Waals surface area contributed by atoms with Crippen molar-refractivity contribution in [3.05, 3.63) is 51.2 Å². The molecule has 2 aromatic rings. The number of amides is 1. The van der Waals surface area contributed by atoms with E-state index in [0.29, 0.717) is 12.1 Å². The van der Waals surface area contributed by atoms with E-state index in [4.69, 9.17) is 0 Å². The van der Waals surface area contributed by atoms with Gasteiger partial charge < -0.3 is 10.6 Å². The lowest BCUT2D eigenvalue weighted by atomic mass is 10.1. The fourth-order valence-corrected chi connectivity index (χ4v) is 2.94. The van der Waals surface area contributed by atoms with Gasteiger partial charge in [0.15, 0.2) is 0 Å². The summed E-state index contributed by atoms with van der Waals surface area (Å²) < 4.78 is 0. The molecule has 3 nitrogen and oxygen atoms in total. The molecule has 112 valence electrons. The van der Waals surface area contributed by atoms with E-state index in [1.54, 1.807) is 11.3 Å². The van der Waals surface area contributed by atoms with Gasteiger partial charge in [-0.05, 0) is 56.2 Å². The zero-order valence-electron chi connectivity index (χ0n) is 12.8. The molecule has 0 radical (unpaired) electrons. The number of thiophene rings is 1. The largest absolute Gasteiger partial charge is 0.385 e. The molecule has 2 N–H and O–H groups in total. The predicted octanol–water partition coefficient (Wildman–Crippen LogP) is 4.12. The van der Waals surface area contributed by atoms with E-state index in [9.17, 15) is 4.79 Å². The Morgan fingerprint density at radius 1 is 1.19 bits per heavy atom. The second-order valence-electron chi connectivity index (χ2n) is 5.15. The molecule has 2 rings (SSSR count). The molecule has 0 unspecified atom stereocenters. The highest BCUT2D eigenvalue weighted by molar-refractivity contribution is 7.11. The average molecular weight is 302 g/mol. The molecule has 0 spiro atoms. The molecule has 4 heteroatoms. The predicted molar refractivity (Wildman–Crippen MR) is 90.2 cm³/mol. The van der Waals surface area contributed by atoms with E-state index < -0.39 is 0 Å². The van der Waals surface area contributed by atoms with Gasteiger partial charge in [-0.15, -0.1) is 11.3 Å². The molecule has 0 saturated heterocycles. The molecule has 0 aliphatic heterocycles. The van der Waals surface area contributed by atoms with Crippen molar-refractivity contribution in [1.82, 2.24) is 5.32 Å². The average Bonchev–Trinajstić information content (AvgIpc) is 2.89. The first-order chi connectivity index (χ1) is 10.1. The van der Waals surface area contributed by atoms with Crippen molar-refractivity contribution in [3.8, 4) is 0 Å². The molecule has 0 aliphatic rings. The van der Waals surface area contributed by atoms with Crippen LogP contribution in [-0.2, 0) is 6.54 Å². The minimum Gasteiger partial charge on any atom is -0.385 e. The molecular weight excluding hydrogens is 280 g/mol. The van der Waals surface area contributed by atoms with Crippen LogP contribution in [0.4, 0.5) is 5.69 Å². The third-order valence-corrected chi connectivity index (χ3v) is 4.27. The summed E-state index contributed by atoms with van der Waals surface area (Å²) in [6, 6.07) is 9.93. The van der Waals surface area contributed by atoms with Crippen molar-refractivity contribution in [3.63, 3.8) is 0 Å². The molecule has 21 heavy (non-hydrogen) atoms. The Hall–Kier alpha value is -1.81. The molecule has 0 bridgehead atoms. The van der Waals surface area contributed by atoms with Crippen LogP contribution in [0.25, 0.3) is 0 Å². The van der Waals surface area contributed by atoms with Crippen molar-refractivity contribution < 1.29 is 4.79 Å². The fourth-order valence-electron chi connectivity index (χ4n) is 2.11. The summed E-state index contributed by atoms with van der Waals surface area (Å²) in [5.41, 5.74) is 2.91. The SMILES string of the molecule is CCCNc1ccc(C(=O)NCc2ccc(C)s2)cc1C. The Labute approximate surface area is 130 Å². The lowest BCUT2D eigenvalue weighted by Gasteiger charge is -2.10. The van der Waals surface area contributed by atoms with Crippen LogP contribution in [0.5, 0.6) is 0 Å². The lowest BCUT2D eigenvalue weighted by Crippen LogP contribution is -2.22. The summed E-state index contributed by atoms with van der Waals surface area (Å²) in [5, 5.41) is 6.33. The van der Waals surface area contributed by atoms with Gasteiger partial charge >= 0.3 is 0 Å². The van der Waals surface area contributed by atoms with Gasteiger partial charge in [-0.25, -0.2) is 0 Å². The maximum Gasteiger partial charge on any atom is 0.251 e. The highest BCUT2D eigenvalue weighted by atomic mass is 32.1. The quantitative estimate of drug-likeness (QED) is 0.843. The minimum absolute atomic E-state index is 0.0220. The van der Waals surface area contributed by atoms with Crippen LogP contribution >= 0.6 is 11.3 Å². The first kappa shape index (κ1) is 15.6. The molecule has 0 saturated carbocycles. The van der Waals surface area contributed by atoms with Gasteiger partial charge in [0, 0.05) is 27.5 Å². The molecule has 0 fully saturated rings. The van der Waals surface area contributed by atoms with Crippen molar-refractivity contribution in [2.75, 3.05) is 11.9 Å². The Kier molecular flexibility index (Phi) is 5.39. The Morgan fingerprint density at radius 3 is 2.62 bits per heavy atom.